The summed E-state index contributed by atoms with van der Waals surface area (Å²) in [5.41, 5.74) is 0.864. The molecule has 2 aromatic rings. The molecule has 6 nitrogen and oxygen atoms in total. The first kappa shape index (κ1) is 17.5. The summed E-state index contributed by atoms with van der Waals surface area (Å²) in [4.78, 5) is 4.48. The molecule has 1 fully saturated rings. The van der Waals surface area contributed by atoms with Crippen LogP contribution in [0.3, 0.4) is 0 Å². The lowest BCUT2D eigenvalue weighted by atomic mass is 9.85. The van der Waals surface area contributed by atoms with E-state index in [1.807, 2.05) is 17.0 Å². The highest BCUT2D eigenvalue weighted by atomic mass is 32.2. The third-order valence-corrected chi connectivity index (χ3v) is 6.92. The van der Waals surface area contributed by atoms with Gasteiger partial charge in [0.1, 0.15) is 28.2 Å². The first-order valence-corrected chi connectivity index (χ1v) is 10.9. The van der Waals surface area contributed by atoms with E-state index in [1.54, 1.807) is 0 Å². The highest BCUT2D eigenvalue weighted by Gasteiger charge is 2.27. The SMILES string of the molecule is Cn1c(CS(=O)(=O)Cc2nc(C(C)(C)C)cs2)nnc1C1CCC1. The topological polar surface area (TPSA) is 77.7 Å². The van der Waals surface area contributed by atoms with Crippen LogP contribution in [0.5, 0.6) is 0 Å². The van der Waals surface area contributed by atoms with Gasteiger partial charge in [0.15, 0.2) is 9.84 Å². The van der Waals surface area contributed by atoms with Crippen molar-refractivity contribution < 1.29 is 8.42 Å². The van der Waals surface area contributed by atoms with Crippen molar-refractivity contribution in [3.05, 3.63) is 27.7 Å². The Morgan fingerprint density at radius 1 is 1.25 bits per heavy atom. The van der Waals surface area contributed by atoms with Gasteiger partial charge in [0.05, 0.1) is 5.69 Å². The molecule has 1 aliphatic rings. The Hall–Kier alpha value is -1.28. The molecular formula is C16H24N4O2S2. The van der Waals surface area contributed by atoms with E-state index in [2.05, 4.69) is 36.0 Å². The molecule has 0 amide bonds. The predicted molar refractivity (Wildman–Crippen MR) is 94.7 cm³/mol. The van der Waals surface area contributed by atoms with E-state index in [-0.39, 0.29) is 16.9 Å². The Balaban J connectivity index is 1.72. The fraction of sp³-hybridized carbons (Fsp3) is 0.688. The van der Waals surface area contributed by atoms with Crippen LogP contribution >= 0.6 is 11.3 Å². The Morgan fingerprint density at radius 2 is 1.96 bits per heavy atom. The summed E-state index contributed by atoms with van der Waals surface area (Å²) in [7, 11) is -1.46. The summed E-state index contributed by atoms with van der Waals surface area (Å²) in [6, 6.07) is 0. The average Bonchev–Trinajstić information content (AvgIpc) is 2.97. The molecule has 0 radical (unpaired) electrons. The van der Waals surface area contributed by atoms with Crippen LogP contribution in [0, 0.1) is 0 Å². The Morgan fingerprint density at radius 3 is 2.50 bits per heavy atom. The maximum Gasteiger partial charge on any atom is 0.164 e. The minimum Gasteiger partial charge on any atom is -0.317 e. The van der Waals surface area contributed by atoms with Gasteiger partial charge in [-0.05, 0) is 12.8 Å². The van der Waals surface area contributed by atoms with Crippen molar-refractivity contribution >= 4 is 21.2 Å². The van der Waals surface area contributed by atoms with Gasteiger partial charge in [-0.25, -0.2) is 13.4 Å². The van der Waals surface area contributed by atoms with Crippen molar-refractivity contribution in [1.29, 1.82) is 0 Å². The largest absolute Gasteiger partial charge is 0.317 e. The fourth-order valence-electron chi connectivity index (χ4n) is 2.68. The Labute approximate surface area is 147 Å². The van der Waals surface area contributed by atoms with E-state index in [4.69, 9.17) is 0 Å². The molecule has 132 valence electrons. The first-order valence-electron chi connectivity index (χ1n) is 8.19. The zero-order chi connectivity index (χ0) is 17.5. The summed E-state index contributed by atoms with van der Waals surface area (Å²) in [6.07, 6.45) is 3.45. The van der Waals surface area contributed by atoms with Gasteiger partial charge >= 0.3 is 0 Å². The van der Waals surface area contributed by atoms with Crippen LogP contribution in [0.2, 0.25) is 0 Å². The van der Waals surface area contributed by atoms with E-state index < -0.39 is 9.84 Å². The number of thiazole rings is 1. The second kappa shape index (κ2) is 6.22. The molecule has 0 atom stereocenters. The van der Waals surface area contributed by atoms with Crippen LogP contribution in [0.15, 0.2) is 5.38 Å². The molecule has 2 heterocycles. The van der Waals surface area contributed by atoms with E-state index in [1.165, 1.54) is 17.8 Å². The molecular weight excluding hydrogens is 344 g/mol. The summed E-state index contributed by atoms with van der Waals surface area (Å²) >= 11 is 1.41. The molecule has 0 aromatic carbocycles. The number of aromatic nitrogens is 4. The quantitative estimate of drug-likeness (QED) is 0.811. The highest BCUT2D eigenvalue weighted by Crippen LogP contribution is 2.35. The van der Waals surface area contributed by atoms with Crippen LogP contribution in [0.1, 0.15) is 68.3 Å². The van der Waals surface area contributed by atoms with Crippen molar-refractivity contribution in [2.75, 3.05) is 0 Å². The first-order chi connectivity index (χ1) is 11.2. The fourth-order valence-corrected chi connectivity index (χ4v) is 5.48. The molecule has 0 aliphatic heterocycles. The summed E-state index contributed by atoms with van der Waals surface area (Å²) in [5, 5.41) is 10.9. The minimum atomic E-state index is -3.32. The third-order valence-electron chi connectivity index (χ3n) is 4.48. The molecule has 3 rings (SSSR count). The van der Waals surface area contributed by atoms with Gasteiger partial charge < -0.3 is 4.57 Å². The average molecular weight is 369 g/mol. The van der Waals surface area contributed by atoms with Crippen LogP contribution in [0.4, 0.5) is 0 Å². The molecule has 0 saturated heterocycles. The lowest BCUT2D eigenvalue weighted by molar-refractivity contribution is 0.391. The number of hydrogen-bond acceptors (Lipinski definition) is 6. The number of nitrogens with zero attached hydrogens (tertiary/aromatic N) is 4. The second-order valence-electron chi connectivity index (χ2n) is 7.57. The smallest absolute Gasteiger partial charge is 0.164 e. The van der Waals surface area contributed by atoms with Crippen LogP contribution in [-0.2, 0) is 33.8 Å². The molecule has 8 heteroatoms. The number of sulfone groups is 1. The van der Waals surface area contributed by atoms with E-state index >= 15 is 0 Å². The van der Waals surface area contributed by atoms with E-state index in [9.17, 15) is 8.42 Å². The highest BCUT2D eigenvalue weighted by molar-refractivity contribution is 7.89. The van der Waals surface area contributed by atoms with Crippen molar-refractivity contribution in [1.82, 2.24) is 19.7 Å². The second-order valence-corrected chi connectivity index (χ2v) is 10.6. The van der Waals surface area contributed by atoms with Crippen molar-refractivity contribution in [2.24, 2.45) is 7.05 Å². The van der Waals surface area contributed by atoms with Gasteiger partial charge in [-0.2, -0.15) is 0 Å². The van der Waals surface area contributed by atoms with E-state index in [0.29, 0.717) is 16.7 Å². The number of hydrogen-bond donors (Lipinski definition) is 0. The summed E-state index contributed by atoms with van der Waals surface area (Å²) < 4.78 is 26.9. The standard InChI is InChI=1S/C16H24N4O2S2/c1-16(2,3)12-8-23-14(17-12)10-24(21,22)9-13-18-19-15(20(13)4)11-6-5-7-11/h8,11H,5-7,9-10H2,1-4H3. The molecule has 1 saturated carbocycles. The molecule has 2 aromatic heterocycles. The maximum atomic E-state index is 12.5. The predicted octanol–water partition coefficient (Wildman–Crippen LogP) is 2.95. The lowest BCUT2D eigenvalue weighted by Crippen LogP contribution is -2.16. The Kier molecular flexibility index (Phi) is 4.55. The summed E-state index contributed by atoms with van der Waals surface area (Å²) in [6.45, 7) is 6.21. The normalized spacial score (nSPS) is 16.3. The minimum absolute atomic E-state index is 0.0423. The molecule has 1 aliphatic carbocycles. The Bertz CT molecular complexity index is 827. The number of rotatable bonds is 5. The lowest BCUT2D eigenvalue weighted by Gasteiger charge is -2.24. The van der Waals surface area contributed by atoms with Crippen molar-refractivity contribution in [3.8, 4) is 0 Å². The monoisotopic (exact) mass is 368 g/mol. The molecule has 0 N–H and O–H groups in total. The van der Waals surface area contributed by atoms with Gasteiger partial charge in [0.2, 0.25) is 0 Å². The van der Waals surface area contributed by atoms with Crippen LogP contribution < -0.4 is 0 Å². The van der Waals surface area contributed by atoms with Gasteiger partial charge in [-0.3, -0.25) is 0 Å². The molecule has 24 heavy (non-hydrogen) atoms. The van der Waals surface area contributed by atoms with Crippen molar-refractivity contribution in [2.45, 2.75) is 62.9 Å². The zero-order valence-electron chi connectivity index (χ0n) is 14.6. The van der Waals surface area contributed by atoms with E-state index in [0.717, 1.165) is 24.4 Å². The zero-order valence-corrected chi connectivity index (χ0v) is 16.2. The van der Waals surface area contributed by atoms with Gasteiger partial charge in [-0.1, -0.05) is 27.2 Å². The molecule has 0 spiro atoms. The van der Waals surface area contributed by atoms with Gasteiger partial charge in [0.25, 0.3) is 0 Å². The van der Waals surface area contributed by atoms with Gasteiger partial charge in [0, 0.05) is 23.8 Å². The molecule has 0 unspecified atom stereocenters. The maximum absolute atomic E-state index is 12.5. The van der Waals surface area contributed by atoms with Crippen LogP contribution in [0.25, 0.3) is 0 Å². The van der Waals surface area contributed by atoms with Gasteiger partial charge in [-0.15, -0.1) is 21.5 Å². The molecule has 0 bridgehead atoms. The van der Waals surface area contributed by atoms with Crippen molar-refractivity contribution in [3.63, 3.8) is 0 Å². The summed E-state index contributed by atoms with van der Waals surface area (Å²) in [5.74, 6) is 1.74. The third kappa shape index (κ3) is 3.69. The van der Waals surface area contributed by atoms with Crippen LogP contribution in [-0.4, -0.2) is 28.2 Å².